The van der Waals surface area contributed by atoms with Crippen LogP contribution in [0.1, 0.15) is 19.3 Å². The fourth-order valence-electron chi connectivity index (χ4n) is 4.09. The zero-order valence-corrected chi connectivity index (χ0v) is 15.3. The van der Waals surface area contributed by atoms with Gasteiger partial charge in [-0.3, -0.25) is 9.59 Å². The topological polar surface area (TPSA) is 91.0 Å². The van der Waals surface area contributed by atoms with E-state index < -0.39 is 0 Å². The third-order valence-electron chi connectivity index (χ3n) is 5.51. The van der Waals surface area contributed by atoms with Gasteiger partial charge in [0.05, 0.1) is 18.4 Å². The molecule has 0 bridgehead atoms. The van der Waals surface area contributed by atoms with E-state index in [1.165, 1.54) is 4.90 Å². The van der Waals surface area contributed by atoms with Gasteiger partial charge in [-0.25, -0.2) is 9.69 Å². The van der Waals surface area contributed by atoms with Crippen molar-refractivity contribution >= 4 is 29.2 Å². The third kappa shape index (κ3) is 3.54. The highest BCUT2D eigenvalue weighted by molar-refractivity contribution is 6.19. The van der Waals surface area contributed by atoms with Crippen LogP contribution in [-0.2, 0) is 14.3 Å². The van der Waals surface area contributed by atoms with Gasteiger partial charge in [0.15, 0.2) is 0 Å². The Hall–Kier alpha value is -2.45. The molecule has 1 aromatic carbocycles. The lowest BCUT2D eigenvalue weighted by molar-refractivity contribution is -0.123. The number of likely N-dealkylation sites (N-methyl/N-ethyl adjacent to an activating group) is 1. The molecule has 0 unspecified atom stereocenters. The molecule has 3 atom stereocenters. The van der Waals surface area contributed by atoms with E-state index in [9.17, 15) is 14.4 Å². The van der Waals surface area contributed by atoms with Crippen LogP contribution in [0.2, 0.25) is 0 Å². The second-order valence-corrected chi connectivity index (χ2v) is 7.39. The molecule has 3 aliphatic rings. The zero-order chi connectivity index (χ0) is 19.0. The quantitative estimate of drug-likeness (QED) is 0.778. The minimum Gasteiger partial charge on any atom is -0.375 e. The van der Waals surface area contributed by atoms with E-state index in [0.29, 0.717) is 11.4 Å². The van der Waals surface area contributed by atoms with Crippen molar-refractivity contribution in [1.29, 1.82) is 0 Å². The van der Waals surface area contributed by atoms with Gasteiger partial charge in [0.1, 0.15) is 6.54 Å². The molecule has 3 fully saturated rings. The third-order valence-corrected chi connectivity index (χ3v) is 5.51. The predicted molar refractivity (Wildman–Crippen MR) is 99.5 cm³/mol. The molecule has 4 amide bonds. The van der Waals surface area contributed by atoms with E-state index in [-0.39, 0.29) is 42.5 Å². The molecular formula is C19H24N4O4. The molecule has 8 nitrogen and oxygen atoms in total. The number of carbonyl (C=O) groups is 3. The Morgan fingerprint density at radius 2 is 2.15 bits per heavy atom. The second-order valence-electron chi connectivity index (χ2n) is 7.39. The zero-order valence-electron chi connectivity index (χ0n) is 15.3. The highest BCUT2D eigenvalue weighted by atomic mass is 16.5. The van der Waals surface area contributed by atoms with Crippen LogP contribution in [0.5, 0.6) is 0 Å². The fourth-order valence-corrected chi connectivity index (χ4v) is 4.09. The van der Waals surface area contributed by atoms with Crippen molar-refractivity contribution < 1.29 is 19.1 Å². The highest BCUT2D eigenvalue weighted by Gasteiger charge is 2.37. The number of nitrogens with zero attached hydrogens (tertiary/aromatic N) is 2. The van der Waals surface area contributed by atoms with Crippen molar-refractivity contribution in [3.63, 3.8) is 0 Å². The molecule has 0 spiro atoms. The number of urea groups is 1. The van der Waals surface area contributed by atoms with Crippen LogP contribution in [0, 0.1) is 5.92 Å². The Bertz CT molecular complexity index is 768. The maximum atomic E-state index is 12.7. The summed E-state index contributed by atoms with van der Waals surface area (Å²) < 4.78 is 5.76. The van der Waals surface area contributed by atoms with Crippen LogP contribution in [0.4, 0.5) is 16.2 Å². The molecule has 1 aliphatic carbocycles. The Labute approximate surface area is 157 Å². The summed E-state index contributed by atoms with van der Waals surface area (Å²) in [5.41, 5.74) is 1.06. The van der Waals surface area contributed by atoms with Gasteiger partial charge in [-0.2, -0.15) is 0 Å². The number of amides is 4. The van der Waals surface area contributed by atoms with Crippen molar-refractivity contribution in [2.24, 2.45) is 5.92 Å². The Morgan fingerprint density at radius 3 is 2.93 bits per heavy atom. The maximum absolute atomic E-state index is 12.7. The molecule has 2 saturated heterocycles. The van der Waals surface area contributed by atoms with E-state index in [2.05, 4.69) is 10.6 Å². The molecule has 2 aliphatic heterocycles. The van der Waals surface area contributed by atoms with Crippen LogP contribution in [-0.4, -0.2) is 61.6 Å². The minimum atomic E-state index is -0.356. The van der Waals surface area contributed by atoms with Crippen LogP contribution in [0.3, 0.4) is 0 Å². The number of carbonyl (C=O) groups excluding carboxylic acids is 3. The number of rotatable bonds is 3. The number of ether oxygens (including phenoxy) is 1. The van der Waals surface area contributed by atoms with Gasteiger partial charge in [-0.15, -0.1) is 0 Å². The van der Waals surface area contributed by atoms with Gasteiger partial charge in [0.25, 0.3) is 5.91 Å². The van der Waals surface area contributed by atoms with E-state index >= 15 is 0 Å². The lowest BCUT2D eigenvalue weighted by atomic mass is 9.82. The van der Waals surface area contributed by atoms with Gasteiger partial charge in [0.2, 0.25) is 5.91 Å². The fraction of sp³-hybridized carbons (Fsp3) is 0.526. The molecule has 27 heavy (non-hydrogen) atoms. The van der Waals surface area contributed by atoms with Gasteiger partial charge in [-0.1, -0.05) is 6.07 Å². The van der Waals surface area contributed by atoms with Crippen LogP contribution in [0.25, 0.3) is 0 Å². The average molecular weight is 372 g/mol. The maximum Gasteiger partial charge on any atom is 0.331 e. The van der Waals surface area contributed by atoms with Gasteiger partial charge in [0, 0.05) is 31.2 Å². The smallest absolute Gasteiger partial charge is 0.331 e. The molecule has 2 heterocycles. The molecule has 4 rings (SSSR count). The normalized spacial score (nSPS) is 28.3. The summed E-state index contributed by atoms with van der Waals surface area (Å²) >= 11 is 0. The van der Waals surface area contributed by atoms with Crippen molar-refractivity contribution in [1.82, 2.24) is 10.2 Å². The summed E-state index contributed by atoms with van der Waals surface area (Å²) in [6.45, 7) is 1.62. The number of hydrogen-bond acceptors (Lipinski definition) is 5. The summed E-state index contributed by atoms with van der Waals surface area (Å²) in [7, 11) is 1.59. The van der Waals surface area contributed by atoms with Crippen molar-refractivity contribution in [3.8, 4) is 0 Å². The molecular weight excluding hydrogens is 348 g/mol. The standard InChI is InChI=1S/C19H24N4O4/c1-22-11-17(24)23(19(22)26)14-4-2-3-13(10-14)21-18(25)12-5-6-16-15(9-12)20-7-8-27-16/h2-4,10,12,15-16,20H,5-9,11H2,1H3,(H,21,25)/t12-,15+,16+/m0/s1. The summed E-state index contributed by atoms with van der Waals surface area (Å²) in [5.74, 6) is -0.382. The van der Waals surface area contributed by atoms with Gasteiger partial charge in [-0.05, 0) is 37.5 Å². The first-order chi connectivity index (χ1) is 13.0. The van der Waals surface area contributed by atoms with Crippen molar-refractivity contribution in [2.75, 3.05) is 37.0 Å². The number of imide groups is 1. The van der Waals surface area contributed by atoms with E-state index in [4.69, 9.17) is 4.74 Å². The number of nitrogens with one attached hydrogen (secondary N) is 2. The SMILES string of the molecule is CN1CC(=O)N(c2cccc(NC(=O)[C@H]3CC[C@H]4OCCN[C@@H]4C3)c2)C1=O. The van der Waals surface area contributed by atoms with Crippen LogP contribution in [0.15, 0.2) is 24.3 Å². The average Bonchev–Trinajstić information content (AvgIpc) is 2.93. The summed E-state index contributed by atoms with van der Waals surface area (Å²) in [5, 5.41) is 6.38. The number of benzene rings is 1. The molecule has 1 aromatic rings. The first-order valence-electron chi connectivity index (χ1n) is 9.37. The molecule has 8 heteroatoms. The minimum absolute atomic E-state index is 0.0332. The predicted octanol–water partition coefficient (Wildman–Crippen LogP) is 1.18. The Morgan fingerprint density at radius 1 is 1.30 bits per heavy atom. The Kier molecular flexibility index (Phi) is 4.84. The van der Waals surface area contributed by atoms with Gasteiger partial charge < -0.3 is 20.3 Å². The summed E-state index contributed by atoms with van der Waals surface area (Å²) in [6.07, 6.45) is 2.63. The van der Waals surface area contributed by atoms with Crippen molar-refractivity contribution in [2.45, 2.75) is 31.4 Å². The van der Waals surface area contributed by atoms with Gasteiger partial charge >= 0.3 is 6.03 Å². The first-order valence-corrected chi connectivity index (χ1v) is 9.37. The first kappa shape index (κ1) is 17.9. The van der Waals surface area contributed by atoms with E-state index in [1.807, 2.05) is 0 Å². The van der Waals surface area contributed by atoms with Crippen LogP contribution >= 0.6 is 0 Å². The number of morpholine rings is 1. The summed E-state index contributed by atoms with van der Waals surface area (Å²) in [4.78, 5) is 39.5. The molecule has 144 valence electrons. The number of anilines is 2. The lowest BCUT2D eigenvalue weighted by Crippen LogP contribution is -2.52. The Balaban J connectivity index is 1.43. The molecule has 1 saturated carbocycles. The largest absolute Gasteiger partial charge is 0.375 e. The highest BCUT2D eigenvalue weighted by Crippen LogP contribution is 2.30. The van der Waals surface area contributed by atoms with E-state index in [1.54, 1.807) is 31.3 Å². The molecule has 2 N–H and O–H groups in total. The lowest BCUT2D eigenvalue weighted by Gasteiger charge is -2.39. The molecule has 0 aromatic heterocycles. The van der Waals surface area contributed by atoms with Crippen molar-refractivity contribution in [3.05, 3.63) is 24.3 Å². The van der Waals surface area contributed by atoms with E-state index in [0.717, 1.165) is 37.3 Å². The number of fused-ring (bicyclic) bond motifs is 1. The second kappa shape index (κ2) is 7.28. The number of hydrogen-bond donors (Lipinski definition) is 2. The molecule has 0 radical (unpaired) electrons. The van der Waals surface area contributed by atoms with Crippen LogP contribution < -0.4 is 15.5 Å². The summed E-state index contributed by atoms with van der Waals surface area (Å²) in [6, 6.07) is 6.73. The monoisotopic (exact) mass is 372 g/mol.